The zero-order valence-electron chi connectivity index (χ0n) is 11.7. The van der Waals surface area contributed by atoms with Gasteiger partial charge in [-0.1, -0.05) is 47.5 Å². The molecule has 0 fully saturated rings. The van der Waals surface area contributed by atoms with Crippen molar-refractivity contribution in [1.29, 1.82) is 0 Å². The lowest BCUT2D eigenvalue weighted by atomic mass is 10.2. The van der Waals surface area contributed by atoms with Crippen molar-refractivity contribution in [1.82, 2.24) is 10.6 Å². The maximum absolute atomic E-state index is 13.4. The van der Waals surface area contributed by atoms with Gasteiger partial charge in [-0.25, -0.2) is 4.39 Å². The van der Waals surface area contributed by atoms with Crippen LogP contribution in [0.5, 0.6) is 0 Å². The van der Waals surface area contributed by atoms with E-state index in [-0.39, 0.29) is 18.3 Å². The SMILES string of the molecule is O=C(CNCc1ccccc1F)NCc1ccc(Cl)cc1Cl. The first-order chi connectivity index (χ1) is 10.6. The van der Waals surface area contributed by atoms with Crippen LogP contribution in [-0.4, -0.2) is 12.5 Å². The van der Waals surface area contributed by atoms with E-state index >= 15 is 0 Å². The lowest BCUT2D eigenvalue weighted by molar-refractivity contribution is -0.120. The predicted molar refractivity (Wildman–Crippen MR) is 86.4 cm³/mol. The van der Waals surface area contributed by atoms with Gasteiger partial charge in [0.05, 0.1) is 6.54 Å². The number of hydrogen-bond acceptors (Lipinski definition) is 2. The molecule has 0 aliphatic carbocycles. The predicted octanol–water partition coefficient (Wildman–Crippen LogP) is 3.54. The first-order valence-electron chi connectivity index (χ1n) is 6.71. The second-order valence-electron chi connectivity index (χ2n) is 4.71. The second-order valence-corrected chi connectivity index (χ2v) is 5.55. The van der Waals surface area contributed by atoms with Crippen LogP contribution >= 0.6 is 23.2 Å². The molecule has 22 heavy (non-hydrogen) atoms. The summed E-state index contributed by atoms with van der Waals surface area (Å²) in [6, 6.07) is 11.5. The maximum Gasteiger partial charge on any atom is 0.234 e. The molecule has 2 aromatic rings. The smallest absolute Gasteiger partial charge is 0.234 e. The molecule has 1 amide bonds. The van der Waals surface area contributed by atoms with Gasteiger partial charge in [-0.2, -0.15) is 0 Å². The molecule has 0 unspecified atom stereocenters. The number of carbonyl (C=O) groups excluding carboxylic acids is 1. The van der Waals surface area contributed by atoms with Crippen molar-refractivity contribution >= 4 is 29.1 Å². The molecular weight excluding hydrogens is 326 g/mol. The van der Waals surface area contributed by atoms with Crippen molar-refractivity contribution in [3.63, 3.8) is 0 Å². The van der Waals surface area contributed by atoms with E-state index in [9.17, 15) is 9.18 Å². The molecule has 0 radical (unpaired) electrons. The van der Waals surface area contributed by atoms with Gasteiger partial charge in [0, 0.05) is 28.7 Å². The highest BCUT2D eigenvalue weighted by Crippen LogP contribution is 2.20. The summed E-state index contributed by atoms with van der Waals surface area (Å²) in [6.45, 7) is 0.706. The quantitative estimate of drug-likeness (QED) is 0.844. The average Bonchev–Trinajstić information content (AvgIpc) is 2.48. The van der Waals surface area contributed by atoms with Crippen LogP contribution in [0.2, 0.25) is 10.0 Å². The molecule has 116 valence electrons. The fourth-order valence-corrected chi connectivity index (χ4v) is 2.35. The molecule has 0 atom stereocenters. The second kappa shape index (κ2) is 8.13. The lowest BCUT2D eigenvalue weighted by Gasteiger charge is -2.09. The van der Waals surface area contributed by atoms with Crippen molar-refractivity contribution in [2.75, 3.05) is 6.54 Å². The third-order valence-electron chi connectivity index (χ3n) is 3.05. The van der Waals surface area contributed by atoms with E-state index in [0.717, 1.165) is 5.56 Å². The van der Waals surface area contributed by atoms with E-state index in [2.05, 4.69) is 10.6 Å². The minimum atomic E-state index is -0.289. The van der Waals surface area contributed by atoms with E-state index in [1.807, 2.05) is 0 Å². The third kappa shape index (κ3) is 4.98. The van der Waals surface area contributed by atoms with Crippen LogP contribution in [0.3, 0.4) is 0 Å². The van der Waals surface area contributed by atoms with Gasteiger partial charge >= 0.3 is 0 Å². The molecule has 2 N–H and O–H groups in total. The lowest BCUT2D eigenvalue weighted by Crippen LogP contribution is -2.33. The summed E-state index contributed by atoms with van der Waals surface area (Å²) in [7, 11) is 0. The average molecular weight is 341 g/mol. The number of carbonyl (C=O) groups is 1. The summed E-state index contributed by atoms with van der Waals surface area (Å²) in [5.74, 6) is -0.481. The van der Waals surface area contributed by atoms with E-state index in [1.165, 1.54) is 6.07 Å². The number of benzene rings is 2. The molecule has 0 saturated carbocycles. The summed E-state index contributed by atoms with van der Waals surface area (Å²) in [4.78, 5) is 11.7. The molecule has 0 aromatic heterocycles. The van der Waals surface area contributed by atoms with Crippen molar-refractivity contribution < 1.29 is 9.18 Å². The Kier molecular flexibility index (Phi) is 6.19. The van der Waals surface area contributed by atoms with Gasteiger partial charge in [0.2, 0.25) is 5.91 Å². The van der Waals surface area contributed by atoms with Crippen molar-refractivity contribution in [3.8, 4) is 0 Å². The number of amides is 1. The molecule has 3 nitrogen and oxygen atoms in total. The highest BCUT2D eigenvalue weighted by atomic mass is 35.5. The van der Waals surface area contributed by atoms with Gasteiger partial charge in [0.1, 0.15) is 5.82 Å². The molecule has 0 bridgehead atoms. The molecule has 0 aliphatic rings. The summed E-state index contributed by atoms with van der Waals surface area (Å²) >= 11 is 11.8. The van der Waals surface area contributed by atoms with Gasteiger partial charge in [-0.15, -0.1) is 0 Å². The highest BCUT2D eigenvalue weighted by Gasteiger charge is 2.05. The van der Waals surface area contributed by atoms with E-state index < -0.39 is 0 Å². The van der Waals surface area contributed by atoms with Gasteiger partial charge in [-0.05, 0) is 23.8 Å². The van der Waals surface area contributed by atoms with Crippen LogP contribution < -0.4 is 10.6 Å². The van der Waals surface area contributed by atoms with E-state index in [0.29, 0.717) is 28.7 Å². The van der Waals surface area contributed by atoms with Crippen LogP contribution in [0, 0.1) is 5.82 Å². The number of hydrogen-bond donors (Lipinski definition) is 2. The minimum Gasteiger partial charge on any atom is -0.351 e. The largest absolute Gasteiger partial charge is 0.351 e. The van der Waals surface area contributed by atoms with Crippen LogP contribution in [0.4, 0.5) is 4.39 Å². The van der Waals surface area contributed by atoms with E-state index in [4.69, 9.17) is 23.2 Å². The Balaban J connectivity index is 1.75. The molecule has 2 aromatic carbocycles. The van der Waals surface area contributed by atoms with Crippen LogP contribution in [-0.2, 0) is 17.9 Å². The Morgan fingerprint density at radius 1 is 1.05 bits per heavy atom. The van der Waals surface area contributed by atoms with Crippen molar-refractivity contribution in [3.05, 3.63) is 69.5 Å². The first kappa shape index (κ1) is 16.7. The molecule has 0 spiro atoms. The van der Waals surface area contributed by atoms with Gasteiger partial charge in [0.25, 0.3) is 0 Å². The molecule has 0 aliphatic heterocycles. The number of nitrogens with one attached hydrogen (secondary N) is 2. The number of halogens is 3. The Hall–Kier alpha value is -1.62. The van der Waals surface area contributed by atoms with Gasteiger partial charge in [0.15, 0.2) is 0 Å². The minimum absolute atomic E-state index is 0.0968. The molecule has 2 rings (SSSR count). The monoisotopic (exact) mass is 340 g/mol. The van der Waals surface area contributed by atoms with Crippen LogP contribution in [0.25, 0.3) is 0 Å². The molecular formula is C16H15Cl2FN2O. The fraction of sp³-hybridized carbons (Fsp3) is 0.188. The summed E-state index contributed by atoms with van der Waals surface area (Å²) in [6.07, 6.45) is 0. The van der Waals surface area contributed by atoms with Crippen LogP contribution in [0.15, 0.2) is 42.5 Å². The molecule has 0 saturated heterocycles. The molecule has 6 heteroatoms. The summed E-state index contributed by atoms with van der Waals surface area (Å²) in [5.41, 5.74) is 1.31. The van der Waals surface area contributed by atoms with Gasteiger partial charge < -0.3 is 10.6 Å². The summed E-state index contributed by atoms with van der Waals surface area (Å²) < 4.78 is 13.4. The Labute approximate surface area is 138 Å². The first-order valence-corrected chi connectivity index (χ1v) is 7.46. The fourth-order valence-electron chi connectivity index (χ4n) is 1.87. The Bertz CT molecular complexity index is 664. The standard InChI is InChI=1S/C16H15Cl2FN2O/c17-13-6-5-11(14(18)7-13)9-21-16(22)10-20-8-12-3-1-2-4-15(12)19/h1-7,20H,8-10H2,(H,21,22). The zero-order chi connectivity index (χ0) is 15.9. The maximum atomic E-state index is 13.4. The van der Waals surface area contributed by atoms with Crippen LogP contribution in [0.1, 0.15) is 11.1 Å². The van der Waals surface area contributed by atoms with Crippen molar-refractivity contribution in [2.45, 2.75) is 13.1 Å². The topological polar surface area (TPSA) is 41.1 Å². The normalized spacial score (nSPS) is 10.5. The third-order valence-corrected chi connectivity index (χ3v) is 3.64. The summed E-state index contributed by atoms with van der Waals surface area (Å²) in [5, 5.41) is 6.69. The highest BCUT2D eigenvalue weighted by molar-refractivity contribution is 6.35. The van der Waals surface area contributed by atoms with Crippen molar-refractivity contribution in [2.24, 2.45) is 0 Å². The van der Waals surface area contributed by atoms with E-state index in [1.54, 1.807) is 36.4 Å². The Morgan fingerprint density at radius 2 is 1.82 bits per heavy atom. The molecule has 0 heterocycles. The van der Waals surface area contributed by atoms with Gasteiger partial charge in [-0.3, -0.25) is 4.79 Å². The number of rotatable bonds is 6. The zero-order valence-corrected chi connectivity index (χ0v) is 13.2. The Morgan fingerprint density at radius 3 is 2.55 bits per heavy atom.